The van der Waals surface area contributed by atoms with Crippen LogP contribution in [-0.2, 0) is 11.3 Å². The number of alkyl halides is 2. The number of hydrogen-bond donors (Lipinski definition) is 0. The molecule has 0 spiro atoms. The van der Waals surface area contributed by atoms with Crippen LogP contribution in [0.15, 0.2) is 34.9 Å². The van der Waals surface area contributed by atoms with Crippen LogP contribution in [0.25, 0.3) is 11.3 Å². The first-order valence-corrected chi connectivity index (χ1v) is 8.83. The molecule has 0 radical (unpaired) electrons. The predicted molar refractivity (Wildman–Crippen MR) is 82.7 cm³/mol. The molecular formula is C13H12ClF2NO2S2. The van der Waals surface area contributed by atoms with Crippen molar-refractivity contribution in [2.24, 2.45) is 0 Å². The molecule has 0 unspecified atom stereocenters. The number of ether oxygens (including phenoxy) is 1. The summed E-state index contributed by atoms with van der Waals surface area (Å²) in [6.07, 6.45) is 1.59. The largest absolute Gasteiger partial charge is 0.366 e. The average molecular weight is 352 g/mol. The second kappa shape index (κ2) is 7.49. The second-order valence-corrected chi connectivity index (χ2v) is 7.10. The maximum Gasteiger partial charge on any atom is 0.326 e. The van der Waals surface area contributed by atoms with Gasteiger partial charge >= 0.3 is 5.25 Å². The number of aromatic nitrogens is 1. The smallest absolute Gasteiger partial charge is 0.326 e. The van der Waals surface area contributed by atoms with Crippen molar-refractivity contribution in [3.8, 4) is 11.3 Å². The van der Waals surface area contributed by atoms with Crippen molar-refractivity contribution in [3.63, 3.8) is 0 Å². The third-order valence-corrected chi connectivity index (χ3v) is 4.43. The molecule has 0 N–H and O–H groups in total. The van der Waals surface area contributed by atoms with E-state index < -0.39 is 11.9 Å². The number of hydrogen-bond acceptors (Lipinski definition) is 5. The van der Waals surface area contributed by atoms with Crippen LogP contribution in [0.5, 0.6) is 0 Å². The average Bonchev–Trinajstić information content (AvgIpc) is 2.88. The summed E-state index contributed by atoms with van der Waals surface area (Å²) in [6.45, 7) is -0.722. The van der Waals surface area contributed by atoms with Crippen LogP contribution in [0.1, 0.15) is 5.76 Å². The highest BCUT2D eigenvalue weighted by molar-refractivity contribution is 8.76. The molecule has 0 aliphatic heterocycles. The number of rotatable bonds is 7. The Balaban J connectivity index is 1.90. The van der Waals surface area contributed by atoms with Crippen LogP contribution in [-0.4, -0.2) is 23.3 Å². The Morgan fingerprint density at radius 1 is 1.33 bits per heavy atom. The van der Waals surface area contributed by atoms with Crippen LogP contribution in [0.3, 0.4) is 0 Å². The van der Waals surface area contributed by atoms with E-state index in [2.05, 4.69) is 5.16 Å². The minimum Gasteiger partial charge on any atom is -0.366 e. The Morgan fingerprint density at radius 3 is 2.71 bits per heavy atom. The summed E-state index contributed by atoms with van der Waals surface area (Å²) in [5.41, 5.74) is 1.44. The standard InChI is InChI=1S/C13H12ClF2NO2S2/c1-20-21-13(15,16)8-18-7-11-6-12(17-19-11)9-2-4-10(14)5-3-9/h2-6H,7-8H2,1H3. The molecule has 0 fully saturated rings. The van der Waals surface area contributed by atoms with E-state index in [9.17, 15) is 8.78 Å². The fourth-order valence-corrected chi connectivity index (χ4v) is 2.93. The minimum atomic E-state index is -2.92. The van der Waals surface area contributed by atoms with Crippen molar-refractivity contribution in [1.29, 1.82) is 0 Å². The first-order valence-electron chi connectivity index (χ1n) is 5.89. The van der Waals surface area contributed by atoms with Crippen molar-refractivity contribution < 1.29 is 18.0 Å². The van der Waals surface area contributed by atoms with E-state index >= 15 is 0 Å². The molecule has 0 saturated carbocycles. The van der Waals surface area contributed by atoms with Gasteiger partial charge in [0.25, 0.3) is 0 Å². The Bertz CT molecular complexity index is 578. The molecule has 1 aromatic heterocycles. The molecule has 21 heavy (non-hydrogen) atoms. The lowest BCUT2D eigenvalue weighted by atomic mass is 10.1. The molecule has 8 heteroatoms. The zero-order valence-electron chi connectivity index (χ0n) is 11.0. The van der Waals surface area contributed by atoms with E-state index in [1.165, 1.54) is 0 Å². The summed E-state index contributed by atoms with van der Waals surface area (Å²) in [4.78, 5) is 0. The van der Waals surface area contributed by atoms with Crippen molar-refractivity contribution >= 4 is 33.2 Å². The van der Waals surface area contributed by atoms with Crippen LogP contribution in [0.4, 0.5) is 8.78 Å². The van der Waals surface area contributed by atoms with E-state index in [1.807, 2.05) is 0 Å². The maximum atomic E-state index is 13.2. The summed E-state index contributed by atoms with van der Waals surface area (Å²) < 4.78 is 36.4. The van der Waals surface area contributed by atoms with Gasteiger partial charge in [0.05, 0.1) is 0 Å². The molecule has 0 atom stereocenters. The fourth-order valence-electron chi connectivity index (χ4n) is 1.55. The van der Waals surface area contributed by atoms with Gasteiger partial charge in [0.15, 0.2) is 5.76 Å². The first-order chi connectivity index (χ1) is 10.00. The molecule has 114 valence electrons. The molecule has 0 aliphatic carbocycles. The number of nitrogens with zero attached hydrogens (tertiary/aromatic N) is 1. The van der Waals surface area contributed by atoms with Gasteiger partial charge in [-0.2, -0.15) is 8.78 Å². The van der Waals surface area contributed by atoms with Crippen LogP contribution >= 0.6 is 33.2 Å². The topological polar surface area (TPSA) is 35.3 Å². The zero-order chi connectivity index (χ0) is 15.3. The monoisotopic (exact) mass is 351 g/mol. The SMILES string of the molecule is CSSC(F)(F)COCc1cc(-c2ccc(Cl)cc2)no1. The van der Waals surface area contributed by atoms with E-state index in [0.717, 1.165) is 16.4 Å². The Labute approximate surface area is 133 Å². The van der Waals surface area contributed by atoms with Crippen molar-refractivity contribution in [3.05, 3.63) is 41.1 Å². The van der Waals surface area contributed by atoms with Gasteiger partial charge in [-0.3, -0.25) is 0 Å². The molecule has 0 bridgehead atoms. The van der Waals surface area contributed by atoms with Gasteiger partial charge in [-0.1, -0.05) is 39.7 Å². The Hall–Kier alpha value is -0.760. The Morgan fingerprint density at radius 2 is 2.05 bits per heavy atom. The summed E-state index contributed by atoms with van der Waals surface area (Å²) >= 11 is 5.80. The van der Waals surface area contributed by atoms with Gasteiger partial charge in [0.1, 0.15) is 18.9 Å². The van der Waals surface area contributed by atoms with E-state index in [1.54, 1.807) is 36.6 Å². The molecule has 0 amide bonds. The predicted octanol–water partition coefficient (Wildman–Crippen LogP) is 5.12. The third-order valence-electron chi connectivity index (χ3n) is 2.42. The van der Waals surface area contributed by atoms with Crippen molar-refractivity contribution in [2.75, 3.05) is 12.9 Å². The molecule has 0 aliphatic rings. The molecule has 0 saturated heterocycles. The summed E-state index contributed by atoms with van der Waals surface area (Å²) in [7, 11) is 1.47. The quantitative estimate of drug-likeness (QED) is 0.647. The normalized spacial score (nSPS) is 11.8. The van der Waals surface area contributed by atoms with Gasteiger partial charge in [0.2, 0.25) is 0 Å². The van der Waals surface area contributed by atoms with Gasteiger partial charge < -0.3 is 9.26 Å². The second-order valence-electron chi connectivity index (χ2n) is 4.07. The lowest BCUT2D eigenvalue weighted by Gasteiger charge is -2.12. The summed E-state index contributed by atoms with van der Waals surface area (Å²) in [5, 5.41) is 1.58. The van der Waals surface area contributed by atoms with Gasteiger partial charge in [0, 0.05) is 16.7 Å². The molecule has 1 heterocycles. The fraction of sp³-hybridized carbons (Fsp3) is 0.308. The van der Waals surface area contributed by atoms with Crippen LogP contribution in [0, 0.1) is 0 Å². The number of halogens is 3. The van der Waals surface area contributed by atoms with Crippen molar-refractivity contribution in [2.45, 2.75) is 11.9 Å². The lowest BCUT2D eigenvalue weighted by Crippen LogP contribution is -2.17. The molecule has 2 aromatic rings. The minimum absolute atomic E-state index is 0.0505. The van der Waals surface area contributed by atoms with Gasteiger partial charge in [-0.05, 0) is 29.2 Å². The zero-order valence-corrected chi connectivity index (χ0v) is 13.4. The third kappa shape index (κ3) is 5.18. The van der Waals surface area contributed by atoms with Gasteiger partial charge in [-0.15, -0.1) is 0 Å². The first kappa shape index (κ1) is 16.6. The van der Waals surface area contributed by atoms with E-state index in [4.69, 9.17) is 20.9 Å². The Kier molecular flexibility index (Phi) is 5.92. The van der Waals surface area contributed by atoms with Crippen LogP contribution < -0.4 is 0 Å². The molecule has 1 aromatic carbocycles. The molecule has 3 nitrogen and oxygen atoms in total. The highest BCUT2D eigenvalue weighted by Crippen LogP contribution is 2.37. The maximum absolute atomic E-state index is 13.2. The van der Waals surface area contributed by atoms with Gasteiger partial charge in [-0.25, -0.2) is 0 Å². The van der Waals surface area contributed by atoms with Crippen LogP contribution in [0.2, 0.25) is 5.02 Å². The summed E-state index contributed by atoms with van der Waals surface area (Å²) in [6, 6.07) is 8.73. The summed E-state index contributed by atoms with van der Waals surface area (Å²) in [5.74, 6) is 0.393. The number of benzene rings is 1. The van der Waals surface area contributed by atoms with E-state index in [-0.39, 0.29) is 6.61 Å². The highest BCUT2D eigenvalue weighted by atomic mass is 35.5. The van der Waals surface area contributed by atoms with Crippen molar-refractivity contribution in [1.82, 2.24) is 5.16 Å². The molecule has 2 rings (SSSR count). The highest BCUT2D eigenvalue weighted by Gasteiger charge is 2.30. The van der Waals surface area contributed by atoms with E-state index in [0.29, 0.717) is 27.3 Å². The lowest BCUT2D eigenvalue weighted by molar-refractivity contribution is -0.0188. The molecular weight excluding hydrogens is 340 g/mol.